The summed E-state index contributed by atoms with van der Waals surface area (Å²) in [5, 5.41) is 8.68. The zero-order chi connectivity index (χ0) is 13.1. The van der Waals surface area contributed by atoms with Crippen molar-refractivity contribution in [3.05, 3.63) is 0 Å². The second kappa shape index (κ2) is 10.8. The van der Waals surface area contributed by atoms with Gasteiger partial charge in [0, 0.05) is 6.61 Å². The molecule has 1 saturated heterocycles. The van der Waals surface area contributed by atoms with Gasteiger partial charge in [0.2, 0.25) is 0 Å². The summed E-state index contributed by atoms with van der Waals surface area (Å²) in [6.07, 6.45) is 16.7. The van der Waals surface area contributed by atoms with E-state index in [1.807, 2.05) is 0 Å². The molecule has 0 aromatic heterocycles. The van der Waals surface area contributed by atoms with Crippen LogP contribution in [-0.4, -0.2) is 23.9 Å². The van der Waals surface area contributed by atoms with Crippen LogP contribution in [0.25, 0.3) is 0 Å². The molecule has 18 heavy (non-hydrogen) atoms. The third kappa shape index (κ3) is 8.10. The maximum Gasteiger partial charge on any atom is 0.0841 e. The van der Waals surface area contributed by atoms with E-state index < -0.39 is 0 Å². The van der Waals surface area contributed by atoms with Gasteiger partial charge in [-0.05, 0) is 19.3 Å². The number of rotatable bonds is 13. The molecule has 1 rings (SSSR count). The Labute approximate surface area is 113 Å². The smallest absolute Gasteiger partial charge is 0.0841 e. The summed E-state index contributed by atoms with van der Waals surface area (Å²) in [6.45, 7) is 2.61. The van der Waals surface area contributed by atoms with E-state index in [2.05, 4.69) is 6.92 Å². The number of hydrogen-bond donors (Lipinski definition) is 1. The third-order valence-electron chi connectivity index (χ3n) is 3.93. The molecule has 1 fully saturated rings. The Balaban J connectivity index is 1.77. The summed E-state index contributed by atoms with van der Waals surface area (Å²) in [7, 11) is 0. The van der Waals surface area contributed by atoms with Crippen LogP contribution in [0.3, 0.4) is 0 Å². The zero-order valence-corrected chi connectivity index (χ0v) is 12.2. The molecule has 2 heteroatoms. The van der Waals surface area contributed by atoms with Crippen molar-refractivity contribution in [1.82, 2.24) is 0 Å². The molecule has 0 bridgehead atoms. The first-order valence-electron chi connectivity index (χ1n) is 8.14. The van der Waals surface area contributed by atoms with Crippen LogP contribution in [0.15, 0.2) is 0 Å². The van der Waals surface area contributed by atoms with Crippen LogP contribution >= 0.6 is 0 Å². The van der Waals surface area contributed by atoms with Gasteiger partial charge in [-0.2, -0.15) is 0 Å². The number of hydrogen-bond acceptors (Lipinski definition) is 2. The van der Waals surface area contributed by atoms with Gasteiger partial charge in [0.25, 0.3) is 0 Å². The molecule has 0 spiro atoms. The molecule has 2 nitrogen and oxygen atoms in total. The van der Waals surface area contributed by atoms with Gasteiger partial charge in [0.15, 0.2) is 0 Å². The molecule has 2 unspecified atom stereocenters. The van der Waals surface area contributed by atoms with Crippen molar-refractivity contribution in [2.75, 3.05) is 6.61 Å². The average molecular weight is 256 g/mol. The third-order valence-corrected chi connectivity index (χ3v) is 3.93. The van der Waals surface area contributed by atoms with E-state index in [0.717, 1.165) is 6.42 Å². The molecule has 1 N–H and O–H groups in total. The van der Waals surface area contributed by atoms with Crippen molar-refractivity contribution < 1.29 is 9.84 Å². The Hall–Kier alpha value is -0.0800. The fourth-order valence-electron chi connectivity index (χ4n) is 2.62. The molecule has 0 aromatic carbocycles. The van der Waals surface area contributed by atoms with E-state index in [0.29, 0.717) is 18.8 Å². The first-order chi connectivity index (χ1) is 8.88. The molecule has 1 aliphatic heterocycles. The van der Waals surface area contributed by atoms with Gasteiger partial charge in [0.05, 0.1) is 12.2 Å². The van der Waals surface area contributed by atoms with E-state index in [4.69, 9.17) is 9.84 Å². The lowest BCUT2D eigenvalue weighted by atomic mass is 10.0. The summed E-state index contributed by atoms with van der Waals surface area (Å²) in [5.74, 6) is 0. The van der Waals surface area contributed by atoms with Gasteiger partial charge in [-0.1, -0.05) is 64.7 Å². The Bertz CT molecular complexity index is 182. The molecule has 0 radical (unpaired) electrons. The Morgan fingerprint density at radius 3 is 1.78 bits per heavy atom. The molecule has 108 valence electrons. The topological polar surface area (TPSA) is 32.8 Å². The van der Waals surface area contributed by atoms with Crippen molar-refractivity contribution in [1.29, 1.82) is 0 Å². The molecule has 1 heterocycles. The normalized spacial score (nSPS) is 22.3. The highest BCUT2D eigenvalue weighted by Crippen LogP contribution is 2.31. The van der Waals surface area contributed by atoms with Gasteiger partial charge in [-0.3, -0.25) is 0 Å². The molecule has 0 saturated carbocycles. The van der Waals surface area contributed by atoms with Gasteiger partial charge < -0.3 is 9.84 Å². The van der Waals surface area contributed by atoms with E-state index >= 15 is 0 Å². The standard InChI is InChI=1S/C16H32O2/c1-2-3-4-5-6-9-12-15-16(18-15)13-10-7-8-11-14-17/h15-17H,2-14H2,1H3. The van der Waals surface area contributed by atoms with Crippen LogP contribution < -0.4 is 0 Å². The predicted molar refractivity (Wildman–Crippen MR) is 76.8 cm³/mol. The van der Waals surface area contributed by atoms with Crippen molar-refractivity contribution >= 4 is 0 Å². The van der Waals surface area contributed by atoms with Crippen LogP contribution in [0.1, 0.15) is 84.0 Å². The minimum Gasteiger partial charge on any atom is -0.396 e. The minimum absolute atomic E-state index is 0.348. The highest BCUT2D eigenvalue weighted by atomic mass is 16.6. The first kappa shape index (κ1) is 16.0. The molecule has 1 aliphatic rings. The molecule has 0 aliphatic carbocycles. The molecular formula is C16H32O2. The van der Waals surface area contributed by atoms with E-state index in [9.17, 15) is 0 Å². The maximum absolute atomic E-state index is 8.68. The van der Waals surface area contributed by atoms with Crippen LogP contribution in [0.2, 0.25) is 0 Å². The number of unbranched alkanes of at least 4 members (excludes halogenated alkanes) is 8. The summed E-state index contributed by atoms with van der Waals surface area (Å²) in [5.41, 5.74) is 0. The number of aliphatic hydroxyl groups excluding tert-OH is 1. The fraction of sp³-hybridized carbons (Fsp3) is 1.00. The summed E-state index contributed by atoms with van der Waals surface area (Å²) >= 11 is 0. The van der Waals surface area contributed by atoms with Crippen molar-refractivity contribution in [2.24, 2.45) is 0 Å². The molecular weight excluding hydrogens is 224 g/mol. The van der Waals surface area contributed by atoms with E-state index in [-0.39, 0.29) is 0 Å². The van der Waals surface area contributed by atoms with Gasteiger partial charge in [0.1, 0.15) is 0 Å². The Morgan fingerprint density at radius 1 is 0.722 bits per heavy atom. The Morgan fingerprint density at radius 2 is 1.22 bits per heavy atom. The first-order valence-corrected chi connectivity index (χ1v) is 8.14. The average Bonchev–Trinajstić information content (AvgIpc) is 3.12. The van der Waals surface area contributed by atoms with Crippen molar-refractivity contribution in [2.45, 2.75) is 96.2 Å². The second-order valence-electron chi connectivity index (χ2n) is 5.70. The lowest BCUT2D eigenvalue weighted by molar-refractivity contribution is 0.281. The predicted octanol–water partition coefficient (Wildman–Crippen LogP) is 4.45. The van der Waals surface area contributed by atoms with Crippen molar-refractivity contribution in [3.8, 4) is 0 Å². The van der Waals surface area contributed by atoms with Crippen LogP contribution in [0.4, 0.5) is 0 Å². The summed E-state index contributed by atoms with van der Waals surface area (Å²) in [4.78, 5) is 0. The second-order valence-corrected chi connectivity index (χ2v) is 5.70. The van der Waals surface area contributed by atoms with Crippen molar-refractivity contribution in [3.63, 3.8) is 0 Å². The highest BCUT2D eigenvalue weighted by molar-refractivity contribution is 4.84. The monoisotopic (exact) mass is 256 g/mol. The number of aliphatic hydroxyl groups is 1. The van der Waals surface area contributed by atoms with Gasteiger partial charge in [-0.15, -0.1) is 0 Å². The summed E-state index contributed by atoms with van der Waals surface area (Å²) in [6, 6.07) is 0. The van der Waals surface area contributed by atoms with E-state index in [1.54, 1.807) is 0 Å². The van der Waals surface area contributed by atoms with Gasteiger partial charge in [-0.25, -0.2) is 0 Å². The molecule has 0 aromatic rings. The molecule has 0 amide bonds. The minimum atomic E-state index is 0.348. The van der Waals surface area contributed by atoms with Crippen LogP contribution in [-0.2, 0) is 4.74 Å². The van der Waals surface area contributed by atoms with Crippen LogP contribution in [0, 0.1) is 0 Å². The number of ether oxygens (including phenoxy) is 1. The number of epoxide rings is 1. The lowest BCUT2D eigenvalue weighted by Crippen LogP contribution is -1.95. The van der Waals surface area contributed by atoms with Crippen LogP contribution in [0.5, 0.6) is 0 Å². The summed E-state index contributed by atoms with van der Waals surface area (Å²) < 4.78 is 5.70. The SMILES string of the molecule is CCCCCCCCC1OC1CCCCCCO. The fourth-order valence-corrected chi connectivity index (χ4v) is 2.62. The lowest BCUT2D eigenvalue weighted by Gasteiger charge is -1.99. The maximum atomic E-state index is 8.68. The van der Waals surface area contributed by atoms with E-state index in [1.165, 1.54) is 70.6 Å². The quantitative estimate of drug-likeness (QED) is 0.390. The molecule has 2 atom stereocenters. The van der Waals surface area contributed by atoms with Gasteiger partial charge >= 0.3 is 0 Å². The Kier molecular flexibility index (Phi) is 9.59. The highest BCUT2D eigenvalue weighted by Gasteiger charge is 2.36. The largest absolute Gasteiger partial charge is 0.396 e. The zero-order valence-electron chi connectivity index (χ0n) is 12.2.